The topological polar surface area (TPSA) is 46.3 Å². The predicted octanol–water partition coefficient (Wildman–Crippen LogP) is 2.04. The fourth-order valence-corrected chi connectivity index (χ4v) is 3.16. The Bertz CT molecular complexity index is 396. The van der Waals surface area contributed by atoms with Gasteiger partial charge in [-0.2, -0.15) is 0 Å². The Morgan fingerprint density at radius 2 is 2.17 bits per heavy atom. The second kappa shape index (κ2) is 6.25. The molecule has 4 heteroatoms. The number of hydrogen-bond acceptors (Lipinski definition) is 3. The van der Waals surface area contributed by atoms with Crippen LogP contribution in [0.3, 0.4) is 0 Å². The van der Waals surface area contributed by atoms with E-state index in [1.165, 1.54) is 0 Å². The monoisotopic (exact) mass is 264 g/mol. The molecule has 1 aliphatic rings. The molecule has 2 N–H and O–H groups in total. The van der Waals surface area contributed by atoms with Crippen LogP contribution in [0, 0.1) is 0 Å². The molecule has 1 saturated heterocycles. The van der Waals surface area contributed by atoms with Gasteiger partial charge in [0.05, 0.1) is 0 Å². The highest BCUT2D eigenvalue weighted by Crippen LogP contribution is 2.29. The Kier molecular flexibility index (Phi) is 4.66. The molecule has 0 bridgehead atoms. The van der Waals surface area contributed by atoms with Gasteiger partial charge in [-0.3, -0.25) is 4.79 Å². The molecule has 0 spiro atoms. The van der Waals surface area contributed by atoms with Crippen LogP contribution in [0.2, 0.25) is 0 Å². The molecule has 3 nitrogen and oxygen atoms in total. The first kappa shape index (κ1) is 13.4. The smallest absolute Gasteiger partial charge is 0.240 e. The van der Waals surface area contributed by atoms with Crippen molar-refractivity contribution in [3.8, 4) is 0 Å². The molecular formula is C14H20N2OS. The third-order valence-corrected chi connectivity index (χ3v) is 4.28. The maximum atomic E-state index is 12.5. The van der Waals surface area contributed by atoms with Crippen LogP contribution < -0.4 is 5.73 Å². The molecule has 1 aromatic rings. The summed E-state index contributed by atoms with van der Waals surface area (Å²) in [5.41, 5.74) is 7.02. The Hall–Kier alpha value is -1.00. The Balaban J connectivity index is 2.10. The minimum Gasteiger partial charge on any atom is -0.340 e. The molecular weight excluding hydrogens is 244 g/mol. The molecule has 1 aromatic carbocycles. The molecule has 0 saturated carbocycles. The number of rotatable bonds is 3. The van der Waals surface area contributed by atoms with Crippen molar-refractivity contribution in [3.63, 3.8) is 0 Å². The highest BCUT2D eigenvalue weighted by molar-refractivity contribution is 7.99. The summed E-state index contributed by atoms with van der Waals surface area (Å²) in [6.45, 7) is 1.54. The van der Waals surface area contributed by atoms with Gasteiger partial charge < -0.3 is 10.6 Å². The first-order chi connectivity index (χ1) is 8.72. The van der Waals surface area contributed by atoms with Gasteiger partial charge >= 0.3 is 0 Å². The van der Waals surface area contributed by atoms with Gasteiger partial charge in [-0.05, 0) is 24.7 Å². The van der Waals surface area contributed by atoms with E-state index in [1.807, 2.05) is 41.5 Å². The van der Waals surface area contributed by atoms with E-state index in [1.54, 1.807) is 11.8 Å². The van der Waals surface area contributed by atoms with Crippen LogP contribution in [0.25, 0.3) is 0 Å². The summed E-state index contributed by atoms with van der Waals surface area (Å²) >= 11 is 1.59. The van der Waals surface area contributed by atoms with Gasteiger partial charge in [0, 0.05) is 19.1 Å². The fraction of sp³-hybridized carbons (Fsp3) is 0.500. The number of carbonyl (C=O) groups is 1. The van der Waals surface area contributed by atoms with Crippen molar-refractivity contribution < 1.29 is 4.79 Å². The maximum Gasteiger partial charge on any atom is 0.240 e. The van der Waals surface area contributed by atoms with Crippen molar-refractivity contribution in [2.24, 2.45) is 5.73 Å². The lowest BCUT2D eigenvalue weighted by molar-refractivity contribution is -0.131. The SMILES string of the molecule is CS[C@H](C(=O)N1CCC[C@H](N)C1)c1ccccc1. The number of nitrogens with zero attached hydrogens (tertiary/aromatic N) is 1. The predicted molar refractivity (Wildman–Crippen MR) is 76.5 cm³/mol. The first-order valence-electron chi connectivity index (χ1n) is 6.34. The summed E-state index contributed by atoms with van der Waals surface area (Å²) in [4.78, 5) is 14.4. The highest BCUT2D eigenvalue weighted by Gasteiger charge is 2.28. The molecule has 1 aliphatic heterocycles. The summed E-state index contributed by atoms with van der Waals surface area (Å²) in [5, 5.41) is -0.100. The lowest BCUT2D eigenvalue weighted by Gasteiger charge is -2.33. The van der Waals surface area contributed by atoms with Gasteiger partial charge in [0.15, 0.2) is 0 Å². The number of carbonyl (C=O) groups excluding carboxylic acids is 1. The van der Waals surface area contributed by atoms with Crippen molar-refractivity contribution in [3.05, 3.63) is 35.9 Å². The Morgan fingerprint density at radius 3 is 2.78 bits per heavy atom. The highest BCUT2D eigenvalue weighted by atomic mass is 32.2. The number of thioether (sulfide) groups is 1. The van der Waals surface area contributed by atoms with E-state index >= 15 is 0 Å². The number of nitrogens with two attached hydrogens (primary N) is 1. The third kappa shape index (κ3) is 3.06. The minimum absolute atomic E-state index is 0.100. The van der Waals surface area contributed by atoms with Crippen molar-refractivity contribution in [1.29, 1.82) is 0 Å². The molecule has 1 fully saturated rings. The van der Waals surface area contributed by atoms with E-state index in [9.17, 15) is 4.79 Å². The zero-order valence-corrected chi connectivity index (χ0v) is 11.5. The van der Waals surface area contributed by atoms with Gasteiger partial charge in [-0.25, -0.2) is 0 Å². The normalized spacial score (nSPS) is 21.7. The summed E-state index contributed by atoms with van der Waals surface area (Å²) in [6, 6.07) is 10.1. The Morgan fingerprint density at radius 1 is 1.44 bits per heavy atom. The molecule has 2 atom stereocenters. The van der Waals surface area contributed by atoms with Crippen LogP contribution in [0.5, 0.6) is 0 Å². The molecule has 0 radical (unpaired) electrons. The van der Waals surface area contributed by atoms with E-state index < -0.39 is 0 Å². The molecule has 0 aliphatic carbocycles. The summed E-state index contributed by atoms with van der Waals surface area (Å²) < 4.78 is 0. The quantitative estimate of drug-likeness (QED) is 0.909. The lowest BCUT2D eigenvalue weighted by Crippen LogP contribution is -2.46. The maximum absolute atomic E-state index is 12.5. The fourth-order valence-electron chi connectivity index (χ4n) is 2.38. The van der Waals surface area contributed by atoms with E-state index in [0.717, 1.165) is 24.9 Å². The number of amides is 1. The van der Waals surface area contributed by atoms with Crippen LogP contribution in [-0.2, 0) is 4.79 Å². The van der Waals surface area contributed by atoms with Gasteiger partial charge in [-0.1, -0.05) is 30.3 Å². The lowest BCUT2D eigenvalue weighted by atomic mass is 10.0. The largest absolute Gasteiger partial charge is 0.340 e. The minimum atomic E-state index is -0.100. The molecule has 0 aromatic heterocycles. The van der Waals surface area contributed by atoms with Crippen molar-refractivity contribution in [2.45, 2.75) is 24.1 Å². The summed E-state index contributed by atoms with van der Waals surface area (Å²) in [7, 11) is 0. The number of likely N-dealkylation sites (tertiary alicyclic amines) is 1. The average Bonchev–Trinajstić information content (AvgIpc) is 2.41. The summed E-state index contributed by atoms with van der Waals surface area (Å²) in [5.74, 6) is 0.198. The van der Waals surface area contributed by atoms with E-state index in [0.29, 0.717) is 6.54 Å². The molecule has 18 heavy (non-hydrogen) atoms. The van der Waals surface area contributed by atoms with E-state index in [-0.39, 0.29) is 17.2 Å². The van der Waals surface area contributed by atoms with Crippen LogP contribution in [-0.4, -0.2) is 36.2 Å². The van der Waals surface area contributed by atoms with Gasteiger partial charge in [-0.15, -0.1) is 11.8 Å². The van der Waals surface area contributed by atoms with E-state index in [4.69, 9.17) is 5.73 Å². The van der Waals surface area contributed by atoms with Crippen LogP contribution >= 0.6 is 11.8 Å². The Labute approximate surface area is 113 Å². The zero-order chi connectivity index (χ0) is 13.0. The number of piperidine rings is 1. The van der Waals surface area contributed by atoms with Crippen molar-refractivity contribution >= 4 is 17.7 Å². The number of hydrogen-bond donors (Lipinski definition) is 1. The second-order valence-electron chi connectivity index (χ2n) is 4.71. The van der Waals surface area contributed by atoms with Crippen molar-refractivity contribution in [1.82, 2.24) is 4.90 Å². The molecule has 0 unspecified atom stereocenters. The van der Waals surface area contributed by atoms with Gasteiger partial charge in [0.25, 0.3) is 0 Å². The van der Waals surface area contributed by atoms with E-state index in [2.05, 4.69) is 0 Å². The zero-order valence-electron chi connectivity index (χ0n) is 10.7. The summed E-state index contributed by atoms with van der Waals surface area (Å²) in [6.07, 6.45) is 4.03. The second-order valence-corrected chi connectivity index (χ2v) is 5.66. The van der Waals surface area contributed by atoms with Gasteiger partial charge in [0.2, 0.25) is 5.91 Å². The van der Waals surface area contributed by atoms with Crippen molar-refractivity contribution in [2.75, 3.05) is 19.3 Å². The van der Waals surface area contributed by atoms with Crippen LogP contribution in [0.1, 0.15) is 23.7 Å². The molecule has 98 valence electrons. The first-order valence-corrected chi connectivity index (χ1v) is 7.63. The van der Waals surface area contributed by atoms with Crippen LogP contribution in [0.15, 0.2) is 30.3 Å². The molecule has 1 heterocycles. The van der Waals surface area contributed by atoms with Gasteiger partial charge in [0.1, 0.15) is 5.25 Å². The number of benzene rings is 1. The molecule has 1 amide bonds. The van der Waals surface area contributed by atoms with Crippen LogP contribution in [0.4, 0.5) is 0 Å². The standard InChI is InChI=1S/C14H20N2OS/c1-18-13(11-6-3-2-4-7-11)14(17)16-9-5-8-12(15)10-16/h2-4,6-7,12-13H,5,8-10,15H2,1H3/t12-,13-/m0/s1. The average molecular weight is 264 g/mol. The third-order valence-electron chi connectivity index (χ3n) is 3.33. The molecule has 2 rings (SSSR count).